The molecule has 2 atom stereocenters. The first kappa shape index (κ1) is 15.7. The van der Waals surface area contributed by atoms with Crippen LogP contribution in [0.15, 0.2) is 4.79 Å². The number of aliphatic carboxylic acids is 1. The Labute approximate surface area is 125 Å². The number of hydrogen-bond donors (Lipinski definition) is 1. The number of hydrogen-bond acceptors (Lipinski definition) is 3. The van der Waals surface area contributed by atoms with Crippen LogP contribution in [0.1, 0.15) is 68.4 Å². The fourth-order valence-electron chi connectivity index (χ4n) is 3.67. The normalized spacial score (nSPS) is 18.7. The van der Waals surface area contributed by atoms with Gasteiger partial charge in [0.15, 0.2) is 0 Å². The third kappa shape index (κ3) is 2.87. The third-order valence-corrected chi connectivity index (χ3v) is 4.90. The summed E-state index contributed by atoms with van der Waals surface area (Å²) in [6.07, 6.45) is 4.68. The molecule has 2 rings (SSSR count). The summed E-state index contributed by atoms with van der Waals surface area (Å²) >= 11 is 0. The molecule has 1 N–H and O–H groups in total. The Morgan fingerprint density at radius 2 is 1.86 bits per heavy atom. The van der Waals surface area contributed by atoms with Crippen molar-refractivity contribution >= 4 is 5.97 Å². The van der Waals surface area contributed by atoms with Crippen LogP contribution in [-0.2, 0) is 4.79 Å². The Morgan fingerprint density at radius 3 is 2.38 bits per heavy atom. The minimum atomic E-state index is -0.887. The van der Waals surface area contributed by atoms with Gasteiger partial charge in [-0.3, -0.25) is 9.36 Å². The molecule has 0 amide bonds. The molecule has 1 fully saturated rings. The summed E-state index contributed by atoms with van der Waals surface area (Å²) in [7, 11) is 0. The molecular weight excluding hydrogens is 268 g/mol. The summed E-state index contributed by atoms with van der Waals surface area (Å²) in [6, 6.07) is 0.0767. The highest BCUT2D eigenvalue weighted by Crippen LogP contribution is 2.34. The lowest BCUT2D eigenvalue weighted by molar-refractivity contribution is -0.138. The third-order valence-electron chi connectivity index (χ3n) is 4.90. The lowest BCUT2D eigenvalue weighted by Crippen LogP contribution is -2.33. The topological polar surface area (TPSA) is 72.2 Å². The van der Waals surface area contributed by atoms with Gasteiger partial charge in [0, 0.05) is 23.0 Å². The molecule has 5 nitrogen and oxygen atoms in total. The molecule has 1 heterocycles. The van der Waals surface area contributed by atoms with Crippen molar-refractivity contribution in [2.45, 2.75) is 65.3 Å². The predicted molar refractivity (Wildman–Crippen MR) is 80.7 cm³/mol. The van der Waals surface area contributed by atoms with Gasteiger partial charge in [0.2, 0.25) is 0 Å². The molecule has 0 aliphatic heterocycles. The highest BCUT2D eigenvalue weighted by molar-refractivity contribution is 5.76. The molecule has 1 aliphatic carbocycles. The molecule has 2 unspecified atom stereocenters. The molecule has 21 heavy (non-hydrogen) atoms. The second-order valence-corrected chi connectivity index (χ2v) is 6.19. The van der Waals surface area contributed by atoms with Crippen molar-refractivity contribution < 1.29 is 9.90 Å². The first-order valence-electron chi connectivity index (χ1n) is 7.67. The van der Waals surface area contributed by atoms with Crippen molar-refractivity contribution in [2.24, 2.45) is 5.92 Å². The van der Waals surface area contributed by atoms with Gasteiger partial charge in [0.1, 0.15) is 0 Å². The summed E-state index contributed by atoms with van der Waals surface area (Å²) in [5.74, 6) is -1.05. The maximum Gasteiger partial charge on any atom is 0.348 e. The van der Waals surface area contributed by atoms with Gasteiger partial charge in [-0.1, -0.05) is 12.8 Å². The van der Waals surface area contributed by atoms with Gasteiger partial charge in [0.05, 0.1) is 5.92 Å². The second-order valence-electron chi connectivity index (χ2n) is 6.19. The van der Waals surface area contributed by atoms with E-state index in [2.05, 4.69) is 11.9 Å². The molecule has 0 spiro atoms. The van der Waals surface area contributed by atoms with Crippen LogP contribution in [0.5, 0.6) is 0 Å². The predicted octanol–water partition coefficient (Wildman–Crippen LogP) is 2.80. The van der Waals surface area contributed by atoms with Crippen molar-refractivity contribution in [1.82, 2.24) is 9.55 Å². The second kappa shape index (κ2) is 6.00. The fraction of sp³-hybridized carbons (Fsp3) is 0.688. The van der Waals surface area contributed by atoms with Crippen LogP contribution < -0.4 is 5.69 Å². The number of aryl methyl sites for hydroxylation is 1. The van der Waals surface area contributed by atoms with Crippen molar-refractivity contribution in [3.05, 3.63) is 27.4 Å². The van der Waals surface area contributed by atoms with E-state index in [0.29, 0.717) is 17.2 Å². The van der Waals surface area contributed by atoms with Crippen LogP contribution in [0.2, 0.25) is 0 Å². The van der Waals surface area contributed by atoms with E-state index < -0.39 is 11.9 Å². The molecule has 116 valence electrons. The van der Waals surface area contributed by atoms with E-state index in [-0.39, 0.29) is 11.7 Å². The Bertz CT molecular complexity index is 600. The number of rotatable bonds is 4. The van der Waals surface area contributed by atoms with Crippen LogP contribution in [0.4, 0.5) is 0 Å². The molecule has 0 saturated heterocycles. The molecule has 1 aliphatic rings. The number of carboxylic acid groups (broad SMARTS) is 1. The maximum atomic E-state index is 12.3. The van der Waals surface area contributed by atoms with Crippen LogP contribution in [0, 0.1) is 19.8 Å². The molecule has 0 aromatic carbocycles. The zero-order valence-electron chi connectivity index (χ0n) is 13.2. The van der Waals surface area contributed by atoms with Gasteiger partial charge in [-0.15, -0.1) is 0 Å². The van der Waals surface area contributed by atoms with Gasteiger partial charge in [0.25, 0.3) is 0 Å². The van der Waals surface area contributed by atoms with Crippen LogP contribution in [0.25, 0.3) is 0 Å². The molecule has 1 aromatic rings. The first-order valence-corrected chi connectivity index (χ1v) is 7.67. The van der Waals surface area contributed by atoms with Gasteiger partial charge in [-0.05, 0) is 46.5 Å². The molecule has 0 radical (unpaired) electrons. The number of carbonyl (C=O) groups is 1. The standard InChI is InChI=1S/C16H24N2O3/c1-9(15(19)20)14-10(2)17-16(21)18(12(14)4)11(3)13-7-5-6-8-13/h9,11,13H,5-8H2,1-4H3,(H,19,20). The van der Waals surface area contributed by atoms with Crippen LogP contribution >= 0.6 is 0 Å². The molecule has 5 heteroatoms. The minimum absolute atomic E-state index is 0.0767. The Kier molecular flexibility index (Phi) is 4.49. The Balaban J connectivity index is 2.53. The summed E-state index contributed by atoms with van der Waals surface area (Å²) in [4.78, 5) is 27.7. The van der Waals surface area contributed by atoms with Gasteiger partial charge >= 0.3 is 11.7 Å². The minimum Gasteiger partial charge on any atom is -0.481 e. The lowest BCUT2D eigenvalue weighted by Gasteiger charge is -2.26. The zero-order chi connectivity index (χ0) is 15.7. The quantitative estimate of drug-likeness (QED) is 0.926. The van der Waals surface area contributed by atoms with E-state index in [1.54, 1.807) is 18.4 Å². The van der Waals surface area contributed by atoms with Crippen molar-refractivity contribution in [1.29, 1.82) is 0 Å². The van der Waals surface area contributed by atoms with E-state index in [9.17, 15) is 14.7 Å². The average Bonchev–Trinajstić information content (AvgIpc) is 2.91. The molecular formula is C16H24N2O3. The molecule has 1 aromatic heterocycles. The van der Waals surface area contributed by atoms with Crippen molar-refractivity contribution in [3.8, 4) is 0 Å². The van der Waals surface area contributed by atoms with E-state index >= 15 is 0 Å². The Hall–Kier alpha value is -1.65. The SMILES string of the molecule is Cc1nc(=O)n(C(C)C2CCCC2)c(C)c1C(C)C(=O)O. The van der Waals surface area contributed by atoms with Gasteiger partial charge < -0.3 is 5.11 Å². The number of nitrogens with zero attached hydrogens (tertiary/aromatic N) is 2. The zero-order valence-corrected chi connectivity index (χ0v) is 13.2. The maximum absolute atomic E-state index is 12.3. The van der Waals surface area contributed by atoms with Crippen LogP contribution in [-0.4, -0.2) is 20.6 Å². The highest BCUT2D eigenvalue weighted by atomic mass is 16.4. The number of aromatic nitrogens is 2. The molecule has 1 saturated carbocycles. The highest BCUT2D eigenvalue weighted by Gasteiger charge is 2.28. The number of carboxylic acids is 1. The first-order chi connectivity index (χ1) is 9.84. The smallest absolute Gasteiger partial charge is 0.348 e. The van der Waals surface area contributed by atoms with Crippen LogP contribution in [0.3, 0.4) is 0 Å². The summed E-state index contributed by atoms with van der Waals surface area (Å²) < 4.78 is 1.71. The van der Waals surface area contributed by atoms with E-state index in [1.165, 1.54) is 12.8 Å². The van der Waals surface area contributed by atoms with E-state index in [4.69, 9.17) is 0 Å². The van der Waals surface area contributed by atoms with Crippen molar-refractivity contribution in [3.63, 3.8) is 0 Å². The lowest BCUT2D eigenvalue weighted by atomic mass is 9.95. The fourth-order valence-corrected chi connectivity index (χ4v) is 3.67. The van der Waals surface area contributed by atoms with E-state index in [1.807, 2.05) is 6.92 Å². The van der Waals surface area contributed by atoms with E-state index in [0.717, 1.165) is 18.5 Å². The summed E-state index contributed by atoms with van der Waals surface area (Å²) in [5, 5.41) is 9.28. The summed E-state index contributed by atoms with van der Waals surface area (Å²) in [6.45, 7) is 7.26. The summed E-state index contributed by atoms with van der Waals surface area (Å²) in [5.41, 5.74) is 1.70. The van der Waals surface area contributed by atoms with Gasteiger partial charge in [-0.2, -0.15) is 4.98 Å². The Morgan fingerprint density at radius 1 is 1.29 bits per heavy atom. The monoisotopic (exact) mass is 292 g/mol. The largest absolute Gasteiger partial charge is 0.481 e. The molecule has 0 bridgehead atoms. The van der Waals surface area contributed by atoms with Crippen molar-refractivity contribution in [2.75, 3.05) is 0 Å². The van der Waals surface area contributed by atoms with Gasteiger partial charge in [-0.25, -0.2) is 4.79 Å². The average molecular weight is 292 g/mol.